The van der Waals surface area contributed by atoms with Crippen molar-refractivity contribution < 1.29 is 34.8 Å². The molecule has 2 heterocycles. The van der Waals surface area contributed by atoms with Gasteiger partial charge in [-0.3, -0.25) is 0 Å². The number of benzene rings is 4. The maximum Gasteiger partial charge on any atom is 3.00 e. The Labute approximate surface area is 340 Å². The molecule has 0 atom stereocenters. The second kappa shape index (κ2) is 28.7. The predicted octanol–water partition coefficient (Wildman–Crippen LogP) is 9.60. The fraction of sp³-hybridized carbons (Fsp3) is 0.191. The Hall–Kier alpha value is -5.72. The van der Waals surface area contributed by atoms with Crippen LogP contribution in [0.2, 0.25) is 0 Å². The Morgan fingerprint density at radius 1 is 0.400 bits per heavy atom. The minimum Gasteiger partial charge on any atom is -0.876 e. The molecule has 285 valence electrons. The Morgan fingerprint density at radius 2 is 0.600 bits per heavy atom. The number of rotatable bonds is 10. The van der Waals surface area contributed by atoms with Crippen LogP contribution in [0.3, 0.4) is 0 Å². The van der Waals surface area contributed by atoms with E-state index in [1.165, 1.54) is 0 Å². The van der Waals surface area contributed by atoms with Gasteiger partial charge < -0.3 is 15.3 Å². The molecule has 1 radical (unpaired) electrons. The summed E-state index contributed by atoms with van der Waals surface area (Å²) in [6.07, 6.45) is 7.86. The molecule has 2 aromatic heterocycles. The van der Waals surface area contributed by atoms with Crippen molar-refractivity contribution in [3.63, 3.8) is 0 Å². The molecule has 0 bridgehead atoms. The van der Waals surface area contributed by atoms with Crippen LogP contribution in [0.15, 0.2) is 183 Å². The van der Waals surface area contributed by atoms with E-state index in [-0.39, 0.29) is 36.8 Å². The zero-order valence-electron chi connectivity index (χ0n) is 32.1. The first-order chi connectivity index (χ1) is 26.2. The van der Waals surface area contributed by atoms with Gasteiger partial charge in [0.1, 0.15) is 12.7 Å². The first-order valence-electron chi connectivity index (χ1n) is 18.1. The molecule has 0 saturated carbocycles. The largest absolute Gasteiger partial charge is 3.00 e. The van der Waals surface area contributed by atoms with Gasteiger partial charge in [-0.05, 0) is 31.4 Å². The maximum atomic E-state index is 9.93. The fourth-order valence-corrected chi connectivity index (χ4v) is 4.62. The van der Waals surface area contributed by atoms with E-state index in [1.807, 2.05) is 106 Å². The molecule has 0 saturated heterocycles. The fourth-order valence-electron chi connectivity index (χ4n) is 4.62. The first-order valence-corrected chi connectivity index (χ1v) is 18.1. The van der Waals surface area contributed by atoms with Gasteiger partial charge in [-0.15, -0.1) is 37.0 Å². The number of nitrogens with zero attached hydrogens (tertiary/aromatic N) is 4. The summed E-state index contributed by atoms with van der Waals surface area (Å²) in [5, 5.41) is 29.8. The zero-order chi connectivity index (χ0) is 39.4. The van der Waals surface area contributed by atoms with Gasteiger partial charge in [-0.2, -0.15) is 0 Å². The third-order valence-electron chi connectivity index (χ3n) is 7.20. The molecule has 0 N–H and O–H groups in total. The van der Waals surface area contributed by atoms with Crippen molar-refractivity contribution in [3.8, 4) is 45.0 Å². The van der Waals surface area contributed by atoms with Gasteiger partial charge in [0.2, 0.25) is 0 Å². The SMILES string of the molecule is C=C([O-])CCC.C=C([O-])CCC.C=C([O-])CCC.[Ru+3].c1ccc(-c2cc(-c3ccccc3)ncn2)cc1.c1ccc(-c2cc(-c3ccccc3)ncn2)cc1. The first kappa shape index (κ1) is 47.3. The van der Waals surface area contributed by atoms with E-state index >= 15 is 0 Å². The minimum absolute atomic E-state index is 0. The molecule has 55 heavy (non-hydrogen) atoms. The van der Waals surface area contributed by atoms with Gasteiger partial charge >= 0.3 is 19.5 Å². The molecule has 0 aliphatic heterocycles. The van der Waals surface area contributed by atoms with Crippen molar-refractivity contribution >= 4 is 0 Å². The number of hydrogen-bond donors (Lipinski definition) is 0. The molecule has 0 aliphatic rings. The predicted molar refractivity (Wildman–Crippen MR) is 218 cm³/mol. The average Bonchev–Trinajstić information content (AvgIpc) is 3.20. The molecule has 0 fully saturated rings. The zero-order valence-corrected chi connectivity index (χ0v) is 33.8. The van der Waals surface area contributed by atoms with Crippen molar-refractivity contribution in [2.45, 2.75) is 59.3 Å². The van der Waals surface area contributed by atoms with Gasteiger partial charge in [0.15, 0.2) is 0 Å². The number of hydrogen-bond acceptors (Lipinski definition) is 7. The summed E-state index contributed by atoms with van der Waals surface area (Å²) >= 11 is 0. The van der Waals surface area contributed by atoms with E-state index in [0.717, 1.165) is 64.3 Å². The Morgan fingerprint density at radius 3 is 0.745 bits per heavy atom. The molecule has 0 aliphatic carbocycles. The van der Waals surface area contributed by atoms with Crippen LogP contribution in [-0.4, -0.2) is 19.9 Å². The summed E-state index contributed by atoms with van der Waals surface area (Å²) in [5.74, 6) is 0.118. The average molecular weight is 821 g/mol. The van der Waals surface area contributed by atoms with Gasteiger partial charge in [-0.1, -0.05) is 161 Å². The second-order valence-electron chi connectivity index (χ2n) is 11.9. The Kier molecular flexibility index (Phi) is 24.7. The van der Waals surface area contributed by atoms with Crippen LogP contribution >= 0.6 is 0 Å². The smallest absolute Gasteiger partial charge is 0.876 e. The summed E-state index contributed by atoms with van der Waals surface area (Å²) in [7, 11) is 0. The van der Waals surface area contributed by atoms with E-state index in [9.17, 15) is 15.3 Å². The quantitative estimate of drug-likeness (QED) is 0.0997. The van der Waals surface area contributed by atoms with Crippen LogP contribution in [0, 0.1) is 0 Å². The van der Waals surface area contributed by atoms with Crippen molar-refractivity contribution in [2.24, 2.45) is 0 Å². The van der Waals surface area contributed by atoms with E-state index in [4.69, 9.17) is 0 Å². The van der Waals surface area contributed by atoms with Crippen LogP contribution in [-0.2, 0) is 19.5 Å². The summed E-state index contributed by atoms with van der Waals surface area (Å²) in [6.45, 7) is 15.5. The standard InChI is InChI=1S/2C16H12N2.3C5H10O.Ru/c2*1-3-7-13(8-4-1)15-11-16(18-12-17-15)14-9-5-2-6-10-14;3*1-3-4-5(2)6;/h2*1-12H;3*6H,2-4H2,1H3;/q;;;;;+3/p-3. The molecular weight excluding hydrogens is 770 g/mol. The van der Waals surface area contributed by atoms with Crippen LogP contribution in [0.5, 0.6) is 0 Å². The normalized spacial score (nSPS) is 9.36. The van der Waals surface area contributed by atoms with E-state index in [1.54, 1.807) is 12.7 Å². The van der Waals surface area contributed by atoms with Crippen LogP contribution < -0.4 is 15.3 Å². The van der Waals surface area contributed by atoms with Gasteiger partial charge in [0, 0.05) is 22.3 Å². The summed E-state index contributed by atoms with van der Waals surface area (Å²) < 4.78 is 0. The van der Waals surface area contributed by atoms with Crippen molar-refractivity contribution in [1.29, 1.82) is 0 Å². The van der Waals surface area contributed by atoms with Crippen LogP contribution in [0.1, 0.15) is 59.3 Å². The van der Waals surface area contributed by atoms with Crippen LogP contribution in [0.4, 0.5) is 0 Å². The molecule has 0 amide bonds. The van der Waals surface area contributed by atoms with E-state index < -0.39 is 0 Å². The number of allylic oxidation sites excluding steroid dienone is 3. The topological polar surface area (TPSA) is 121 Å². The van der Waals surface area contributed by atoms with Crippen molar-refractivity contribution in [1.82, 2.24) is 19.9 Å². The van der Waals surface area contributed by atoms with E-state index in [2.05, 4.69) is 88.2 Å². The summed E-state index contributed by atoms with van der Waals surface area (Å²) in [6, 6.07) is 44.6. The molecule has 6 aromatic rings. The maximum absolute atomic E-state index is 9.93. The third kappa shape index (κ3) is 20.4. The second-order valence-corrected chi connectivity index (χ2v) is 11.9. The van der Waals surface area contributed by atoms with Gasteiger partial charge in [-0.25, -0.2) is 19.9 Å². The van der Waals surface area contributed by atoms with Crippen molar-refractivity contribution in [3.05, 3.63) is 183 Å². The Bertz CT molecular complexity index is 1660. The van der Waals surface area contributed by atoms with Crippen LogP contribution in [0.25, 0.3) is 45.0 Å². The minimum atomic E-state index is 0. The molecule has 0 unspecified atom stereocenters. The van der Waals surface area contributed by atoms with Gasteiger partial charge in [0.05, 0.1) is 22.8 Å². The Balaban J connectivity index is 0.000000381. The van der Waals surface area contributed by atoms with Gasteiger partial charge in [0.25, 0.3) is 0 Å². The monoisotopic (exact) mass is 821 g/mol. The summed E-state index contributed by atoms with van der Waals surface area (Å²) in [4.78, 5) is 17.3. The summed E-state index contributed by atoms with van der Waals surface area (Å²) in [5.41, 5.74) is 8.23. The molecular formula is C47H51N4O3Ru. The third-order valence-corrected chi connectivity index (χ3v) is 7.20. The molecule has 4 aromatic carbocycles. The molecule has 7 nitrogen and oxygen atoms in total. The number of aromatic nitrogens is 4. The molecule has 8 heteroatoms. The van der Waals surface area contributed by atoms with Crippen molar-refractivity contribution in [2.75, 3.05) is 0 Å². The molecule has 6 rings (SSSR count). The molecule has 0 spiro atoms. The van der Waals surface area contributed by atoms with E-state index in [0.29, 0.717) is 19.3 Å².